The summed E-state index contributed by atoms with van der Waals surface area (Å²) in [7, 11) is 3.12. The fraction of sp³-hybridized carbons (Fsp3) is 0.120. The highest BCUT2D eigenvalue weighted by Crippen LogP contribution is 2.31. The van der Waals surface area contributed by atoms with Crippen molar-refractivity contribution >= 4 is 23.5 Å². The van der Waals surface area contributed by atoms with Gasteiger partial charge in [0.2, 0.25) is 0 Å². The number of amidine groups is 1. The van der Waals surface area contributed by atoms with E-state index in [0.29, 0.717) is 28.6 Å². The van der Waals surface area contributed by atoms with Crippen molar-refractivity contribution in [3.8, 4) is 11.5 Å². The van der Waals surface area contributed by atoms with Crippen LogP contribution in [0.3, 0.4) is 0 Å². The first kappa shape index (κ1) is 20.3. The summed E-state index contributed by atoms with van der Waals surface area (Å²) < 4.78 is 24.1. The Balaban J connectivity index is 1.81. The summed E-state index contributed by atoms with van der Waals surface area (Å²) in [6.07, 6.45) is 1.70. The number of aryl methyl sites for hydroxylation is 1. The quantitative estimate of drug-likeness (QED) is 0.551. The molecule has 4 rings (SSSR count). The SMILES string of the molecule is COc1ccc(/C=C2/N=C(c3ccc(F)cc3)N(c3cccc(C)c3)C2=O)cc1OC. The molecule has 0 radical (unpaired) electrons. The molecule has 31 heavy (non-hydrogen) atoms. The zero-order chi connectivity index (χ0) is 22.0. The van der Waals surface area contributed by atoms with Crippen molar-refractivity contribution < 1.29 is 18.7 Å². The molecule has 1 heterocycles. The van der Waals surface area contributed by atoms with Crippen molar-refractivity contribution in [3.05, 3.63) is 94.9 Å². The first-order valence-electron chi connectivity index (χ1n) is 9.69. The summed E-state index contributed by atoms with van der Waals surface area (Å²) in [5.74, 6) is 0.985. The molecule has 0 saturated heterocycles. The second-order valence-corrected chi connectivity index (χ2v) is 7.07. The highest BCUT2D eigenvalue weighted by atomic mass is 19.1. The van der Waals surface area contributed by atoms with Crippen molar-refractivity contribution in [3.63, 3.8) is 0 Å². The van der Waals surface area contributed by atoms with Crippen LogP contribution in [0.4, 0.5) is 10.1 Å². The predicted molar refractivity (Wildman–Crippen MR) is 119 cm³/mol. The van der Waals surface area contributed by atoms with Crippen molar-refractivity contribution in [2.24, 2.45) is 4.99 Å². The molecule has 0 atom stereocenters. The van der Waals surface area contributed by atoms with E-state index in [2.05, 4.69) is 4.99 Å². The Bertz CT molecular complexity index is 1200. The summed E-state index contributed by atoms with van der Waals surface area (Å²) >= 11 is 0. The zero-order valence-corrected chi connectivity index (χ0v) is 17.4. The van der Waals surface area contributed by atoms with Crippen LogP contribution in [0, 0.1) is 12.7 Å². The smallest absolute Gasteiger partial charge is 0.282 e. The van der Waals surface area contributed by atoms with Crippen molar-refractivity contribution in [1.29, 1.82) is 0 Å². The molecule has 0 saturated carbocycles. The standard InChI is InChI=1S/C25H21FN2O3/c1-16-5-4-6-20(13-16)28-24(18-8-10-19(26)11-9-18)27-21(25(28)29)14-17-7-12-22(30-2)23(15-17)31-3/h4-15H,1-3H3/b21-14+. The van der Waals surface area contributed by atoms with Crippen LogP contribution in [-0.4, -0.2) is 26.0 Å². The fourth-order valence-corrected chi connectivity index (χ4v) is 3.42. The van der Waals surface area contributed by atoms with E-state index in [1.807, 2.05) is 37.3 Å². The lowest BCUT2D eigenvalue weighted by Crippen LogP contribution is -2.32. The van der Waals surface area contributed by atoms with E-state index in [1.165, 1.54) is 12.1 Å². The molecule has 1 aliphatic rings. The molecule has 0 N–H and O–H groups in total. The molecule has 3 aromatic carbocycles. The van der Waals surface area contributed by atoms with E-state index >= 15 is 0 Å². The van der Waals surface area contributed by atoms with Gasteiger partial charge in [-0.05, 0) is 72.7 Å². The molecule has 6 heteroatoms. The molecule has 0 aliphatic carbocycles. The minimum atomic E-state index is -0.350. The van der Waals surface area contributed by atoms with Gasteiger partial charge in [0.05, 0.1) is 19.9 Å². The van der Waals surface area contributed by atoms with Crippen LogP contribution < -0.4 is 14.4 Å². The predicted octanol–water partition coefficient (Wildman–Crippen LogP) is 4.99. The van der Waals surface area contributed by atoms with Gasteiger partial charge in [-0.25, -0.2) is 9.38 Å². The van der Waals surface area contributed by atoms with Crippen molar-refractivity contribution in [2.45, 2.75) is 6.92 Å². The van der Waals surface area contributed by atoms with Gasteiger partial charge in [0.25, 0.3) is 5.91 Å². The number of carbonyl (C=O) groups is 1. The molecule has 0 spiro atoms. The summed E-state index contributed by atoms with van der Waals surface area (Å²) in [6, 6.07) is 18.9. The van der Waals surface area contributed by atoms with Crippen LogP contribution in [0.15, 0.2) is 77.4 Å². The van der Waals surface area contributed by atoms with E-state index in [-0.39, 0.29) is 17.4 Å². The molecule has 156 valence electrons. The Kier molecular flexibility index (Phi) is 5.54. The molecular formula is C25H21FN2O3. The third-order valence-corrected chi connectivity index (χ3v) is 4.93. The number of benzene rings is 3. The maximum atomic E-state index is 13.5. The topological polar surface area (TPSA) is 51.1 Å². The number of rotatable bonds is 5. The van der Waals surface area contributed by atoms with E-state index in [4.69, 9.17) is 9.47 Å². The molecule has 5 nitrogen and oxygen atoms in total. The minimum absolute atomic E-state index is 0.264. The van der Waals surface area contributed by atoms with Crippen molar-refractivity contribution in [2.75, 3.05) is 19.1 Å². The number of hydrogen-bond acceptors (Lipinski definition) is 4. The first-order valence-corrected chi connectivity index (χ1v) is 9.69. The number of anilines is 1. The highest BCUT2D eigenvalue weighted by molar-refractivity contribution is 6.33. The minimum Gasteiger partial charge on any atom is -0.493 e. The molecule has 0 bridgehead atoms. The van der Waals surface area contributed by atoms with E-state index < -0.39 is 0 Å². The van der Waals surface area contributed by atoms with Crippen LogP contribution in [-0.2, 0) is 4.79 Å². The van der Waals surface area contributed by atoms with Gasteiger partial charge in [0, 0.05) is 5.56 Å². The molecule has 1 amide bonds. The second-order valence-electron chi connectivity index (χ2n) is 7.07. The maximum absolute atomic E-state index is 13.5. The van der Waals surface area contributed by atoms with Gasteiger partial charge in [-0.15, -0.1) is 0 Å². The Hall–Kier alpha value is -3.93. The number of nitrogens with zero attached hydrogens (tertiary/aromatic N) is 2. The molecule has 0 fully saturated rings. The monoisotopic (exact) mass is 416 g/mol. The first-order chi connectivity index (χ1) is 15.0. The maximum Gasteiger partial charge on any atom is 0.282 e. The average Bonchev–Trinajstić information content (AvgIpc) is 3.10. The van der Waals surface area contributed by atoms with Gasteiger partial charge in [0.15, 0.2) is 11.5 Å². The van der Waals surface area contributed by atoms with Gasteiger partial charge in [-0.2, -0.15) is 0 Å². The van der Waals surface area contributed by atoms with Crippen LogP contribution >= 0.6 is 0 Å². The van der Waals surface area contributed by atoms with E-state index in [0.717, 1.165) is 11.1 Å². The zero-order valence-electron chi connectivity index (χ0n) is 17.4. The Labute approximate surface area is 180 Å². The largest absolute Gasteiger partial charge is 0.493 e. The summed E-state index contributed by atoms with van der Waals surface area (Å²) in [6.45, 7) is 1.96. The van der Waals surface area contributed by atoms with Crippen LogP contribution in [0.25, 0.3) is 6.08 Å². The van der Waals surface area contributed by atoms with Gasteiger partial charge in [0.1, 0.15) is 17.3 Å². The summed E-state index contributed by atoms with van der Waals surface area (Å²) in [5.41, 5.74) is 3.37. The lowest BCUT2D eigenvalue weighted by atomic mass is 10.1. The number of ether oxygens (including phenoxy) is 2. The lowest BCUT2D eigenvalue weighted by molar-refractivity contribution is -0.113. The number of amides is 1. The molecule has 3 aromatic rings. The molecule has 0 aromatic heterocycles. The van der Waals surface area contributed by atoms with Gasteiger partial charge in [-0.3, -0.25) is 9.69 Å². The van der Waals surface area contributed by atoms with Gasteiger partial charge in [-0.1, -0.05) is 18.2 Å². The third kappa shape index (κ3) is 4.05. The van der Waals surface area contributed by atoms with Gasteiger partial charge < -0.3 is 9.47 Å². The number of halogens is 1. The number of aliphatic imine (C=N–C) groups is 1. The van der Waals surface area contributed by atoms with Crippen LogP contribution in [0.2, 0.25) is 0 Å². The summed E-state index contributed by atoms with van der Waals surface area (Å²) in [5, 5.41) is 0. The molecule has 1 aliphatic heterocycles. The Morgan fingerprint density at radius 1 is 0.935 bits per heavy atom. The highest BCUT2D eigenvalue weighted by Gasteiger charge is 2.32. The third-order valence-electron chi connectivity index (χ3n) is 4.93. The summed E-state index contributed by atoms with van der Waals surface area (Å²) in [4.78, 5) is 19.5. The Morgan fingerprint density at radius 2 is 1.68 bits per heavy atom. The normalized spacial score (nSPS) is 14.7. The Morgan fingerprint density at radius 3 is 2.35 bits per heavy atom. The average molecular weight is 416 g/mol. The van der Waals surface area contributed by atoms with E-state index in [1.54, 1.807) is 49.5 Å². The fourth-order valence-electron chi connectivity index (χ4n) is 3.42. The number of hydrogen-bond donors (Lipinski definition) is 0. The second kappa shape index (κ2) is 8.44. The lowest BCUT2D eigenvalue weighted by Gasteiger charge is -2.19. The number of methoxy groups -OCH3 is 2. The van der Waals surface area contributed by atoms with Crippen molar-refractivity contribution in [1.82, 2.24) is 0 Å². The van der Waals surface area contributed by atoms with Crippen LogP contribution in [0.1, 0.15) is 16.7 Å². The van der Waals surface area contributed by atoms with E-state index in [9.17, 15) is 9.18 Å². The molecular weight excluding hydrogens is 395 g/mol. The molecule has 0 unspecified atom stereocenters. The van der Waals surface area contributed by atoms with Crippen LogP contribution in [0.5, 0.6) is 11.5 Å². The number of carbonyl (C=O) groups excluding carboxylic acids is 1. The van der Waals surface area contributed by atoms with Gasteiger partial charge >= 0.3 is 0 Å².